The molecule has 3 heteroatoms. The molecule has 0 bridgehead atoms. The quantitative estimate of drug-likeness (QED) is 0.705. The van der Waals surface area contributed by atoms with Crippen LogP contribution in [0.25, 0.3) is 0 Å². The van der Waals surface area contributed by atoms with Crippen LogP contribution in [0.2, 0.25) is 0 Å². The predicted octanol–water partition coefficient (Wildman–Crippen LogP) is 3.69. The number of hydrogen-bond donors (Lipinski definition) is 0. The van der Waals surface area contributed by atoms with Crippen molar-refractivity contribution < 1.29 is 0 Å². The van der Waals surface area contributed by atoms with Crippen LogP contribution in [0.3, 0.4) is 0 Å². The lowest BCUT2D eigenvalue weighted by Crippen LogP contribution is -2.28. The van der Waals surface area contributed by atoms with Crippen molar-refractivity contribution in [2.24, 2.45) is 5.92 Å². The van der Waals surface area contributed by atoms with Crippen molar-refractivity contribution in [3.8, 4) is 0 Å². The average molecular weight is 241 g/mol. The average Bonchev–Trinajstić information content (AvgIpc) is 2.35. The molecule has 16 heavy (non-hydrogen) atoms. The summed E-state index contributed by atoms with van der Waals surface area (Å²) in [6.45, 7) is 8.82. The lowest BCUT2D eigenvalue weighted by molar-refractivity contribution is 0.548. The molecule has 0 saturated heterocycles. The van der Waals surface area contributed by atoms with E-state index in [9.17, 15) is 0 Å². The van der Waals surface area contributed by atoms with E-state index in [2.05, 4.69) is 42.8 Å². The lowest BCUT2D eigenvalue weighted by atomic mass is 10.1. The number of rotatable bonds is 6. The molecule has 0 spiro atoms. The summed E-state index contributed by atoms with van der Waals surface area (Å²) in [6, 6.07) is 4.14. The van der Waals surface area contributed by atoms with Crippen molar-refractivity contribution in [1.82, 2.24) is 4.98 Å². The summed E-state index contributed by atoms with van der Waals surface area (Å²) in [5.41, 5.74) is 2.18. The van der Waals surface area contributed by atoms with E-state index in [1.165, 1.54) is 12.1 Å². The van der Waals surface area contributed by atoms with E-state index >= 15 is 0 Å². The van der Waals surface area contributed by atoms with Crippen LogP contribution in [0.4, 0.5) is 5.69 Å². The van der Waals surface area contributed by atoms with Gasteiger partial charge in [-0.2, -0.15) is 0 Å². The van der Waals surface area contributed by atoms with Gasteiger partial charge < -0.3 is 4.90 Å². The Labute approximate surface area is 104 Å². The maximum Gasteiger partial charge on any atom is 0.0648 e. The molecule has 2 nitrogen and oxygen atoms in total. The summed E-state index contributed by atoms with van der Waals surface area (Å²) in [7, 11) is 0. The first-order valence-electron chi connectivity index (χ1n) is 5.97. The Morgan fingerprint density at radius 2 is 2.19 bits per heavy atom. The summed E-state index contributed by atoms with van der Waals surface area (Å²) in [4.78, 5) is 6.60. The standard InChI is InChI=1S/C13H21ClN2/c1-4-11(3)10-16(5-2)13-6-7-15-12(8-13)9-14/h6-8,11H,4-5,9-10H2,1-3H3. The Morgan fingerprint density at radius 1 is 1.44 bits per heavy atom. The topological polar surface area (TPSA) is 16.1 Å². The van der Waals surface area contributed by atoms with E-state index in [0.29, 0.717) is 11.8 Å². The van der Waals surface area contributed by atoms with Crippen molar-refractivity contribution in [2.75, 3.05) is 18.0 Å². The smallest absolute Gasteiger partial charge is 0.0648 e. The molecular formula is C13H21ClN2. The molecule has 0 radical (unpaired) electrons. The van der Waals surface area contributed by atoms with Crippen molar-refractivity contribution in [2.45, 2.75) is 33.1 Å². The van der Waals surface area contributed by atoms with Crippen molar-refractivity contribution >= 4 is 17.3 Å². The van der Waals surface area contributed by atoms with Crippen LogP contribution in [-0.2, 0) is 5.88 Å². The number of hydrogen-bond acceptors (Lipinski definition) is 2. The van der Waals surface area contributed by atoms with Gasteiger partial charge in [-0.05, 0) is 25.0 Å². The van der Waals surface area contributed by atoms with Crippen LogP contribution in [0.15, 0.2) is 18.3 Å². The molecule has 0 aliphatic carbocycles. The molecule has 1 atom stereocenters. The summed E-state index contributed by atoms with van der Waals surface area (Å²) in [5, 5.41) is 0. The van der Waals surface area contributed by atoms with Crippen LogP contribution >= 0.6 is 11.6 Å². The minimum atomic E-state index is 0.481. The van der Waals surface area contributed by atoms with E-state index in [1.54, 1.807) is 0 Å². The molecule has 0 aliphatic rings. The normalized spacial score (nSPS) is 12.5. The fraction of sp³-hybridized carbons (Fsp3) is 0.615. The number of pyridine rings is 1. The second kappa shape index (κ2) is 6.74. The second-order valence-corrected chi connectivity index (χ2v) is 4.46. The van der Waals surface area contributed by atoms with Gasteiger partial charge in [0.25, 0.3) is 0 Å². The molecule has 1 unspecified atom stereocenters. The molecule has 1 rings (SSSR count). The van der Waals surface area contributed by atoms with Gasteiger partial charge in [0.15, 0.2) is 0 Å². The highest BCUT2D eigenvalue weighted by Crippen LogP contribution is 2.17. The zero-order chi connectivity index (χ0) is 12.0. The Bertz CT molecular complexity index is 315. The molecule has 1 aromatic heterocycles. The second-order valence-electron chi connectivity index (χ2n) is 4.19. The van der Waals surface area contributed by atoms with E-state index in [4.69, 9.17) is 11.6 Å². The van der Waals surface area contributed by atoms with Gasteiger partial charge in [-0.1, -0.05) is 20.3 Å². The summed E-state index contributed by atoms with van der Waals surface area (Å²) < 4.78 is 0. The first kappa shape index (κ1) is 13.3. The van der Waals surface area contributed by atoms with Gasteiger partial charge in [-0.25, -0.2) is 0 Å². The predicted molar refractivity (Wildman–Crippen MR) is 71.1 cm³/mol. The highest BCUT2D eigenvalue weighted by Gasteiger charge is 2.08. The molecule has 90 valence electrons. The van der Waals surface area contributed by atoms with Gasteiger partial charge in [-0.3, -0.25) is 4.98 Å². The van der Waals surface area contributed by atoms with Crippen LogP contribution in [-0.4, -0.2) is 18.1 Å². The third kappa shape index (κ3) is 3.67. The van der Waals surface area contributed by atoms with Gasteiger partial charge in [0.05, 0.1) is 11.6 Å². The number of anilines is 1. The van der Waals surface area contributed by atoms with Gasteiger partial charge in [0.2, 0.25) is 0 Å². The van der Waals surface area contributed by atoms with Gasteiger partial charge >= 0.3 is 0 Å². The summed E-state index contributed by atoms with van der Waals surface area (Å²) >= 11 is 5.80. The Kier molecular flexibility index (Phi) is 5.61. The molecule has 0 fully saturated rings. The van der Waals surface area contributed by atoms with Gasteiger partial charge in [0.1, 0.15) is 0 Å². The van der Waals surface area contributed by atoms with Crippen LogP contribution < -0.4 is 4.90 Å². The molecule has 1 heterocycles. The van der Waals surface area contributed by atoms with E-state index < -0.39 is 0 Å². The van der Waals surface area contributed by atoms with Crippen molar-refractivity contribution in [3.05, 3.63) is 24.0 Å². The highest BCUT2D eigenvalue weighted by atomic mass is 35.5. The monoisotopic (exact) mass is 240 g/mol. The summed E-state index contributed by atoms with van der Waals surface area (Å²) in [6.07, 6.45) is 3.05. The van der Waals surface area contributed by atoms with Crippen LogP contribution in [0.5, 0.6) is 0 Å². The third-order valence-corrected chi connectivity index (χ3v) is 3.19. The van der Waals surface area contributed by atoms with E-state index in [1.807, 2.05) is 6.20 Å². The van der Waals surface area contributed by atoms with Crippen molar-refractivity contribution in [3.63, 3.8) is 0 Å². The molecule has 0 aliphatic heterocycles. The van der Waals surface area contributed by atoms with E-state index in [-0.39, 0.29) is 0 Å². The highest BCUT2D eigenvalue weighted by molar-refractivity contribution is 6.16. The zero-order valence-electron chi connectivity index (χ0n) is 10.4. The largest absolute Gasteiger partial charge is 0.371 e. The number of halogens is 1. The number of alkyl halides is 1. The first-order valence-corrected chi connectivity index (χ1v) is 6.50. The summed E-state index contributed by atoms with van der Waals surface area (Å²) in [5.74, 6) is 1.20. The zero-order valence-corrected chi connectivity index (χ0v) is 11.2. The van der Waals surface area contributed by atoms with E-state index in [0.717, 1.165) is 18.8 Å². The number of aromatic nitrogens is 1. The maximum absolute atomic E-state index is 5.80. The molecular weight excluding hydrogens is 220 g/mol. The molecule has 0 aromatic carbocycles. The molecule has 0 amide bonds. The molecule has 0 saturated carbocycles. The lowest BCUT2D eigenvalue weighted by Gasteiger charge is -2.26. The van der Waals surface area contributed by atoms with Crippen LogP contribution in [0.1, 0.15) is 32.9 Å². The van der Waals surface area contributed by atoms with Crippen molar-refractivity contribution in [1.29, 1.82) is 0 Å². The van der Waals surface area contributed by atoms with Crippen LogP contribution in [0, 0.1) is 5.92 Å². The fourth-order valence-electron chi connectivity index (χ4n) is 1.66. The maximum atomic E-state index is 5.80. The fourth-order valence-corrected chi connectivity index (χ4v) is 1.80. The Hall–Kier alpha value is -0.760. The third-order valence-electron chi connectivity index (χ3n) is 2.91. The SMILES string of the molecule is CCC(C)CN(CC)c1ccnc(CCl)c1. The Balaban J connectivity index is 2.77. The Morgan fingerprint density at radius 3 is 2.75 bits per heavy atom. The van der Waals surface area contributed by atoms with Gasteiger partial charge in [-0.15, -0.1) is 11.6 Å². The molecule has 0 N–H and O–H groups in total. The number of nitrogens with zero attached hydrogens (tertiary/aromatic N) is 2. The first-order chi connectivity index (χ1) is 7.71. The van der Waals surface area contributed by atoms with Gasteiger partial charge in [0, 0.05) is 25.0 Å². The molecule has 1 aromatic rings. The minimum absolute atomic E-state index is 0.481. The minimum Gasteiger partial charge on any atom is -0.371 e.